The number of hydrogen-bond donors (Lipinski definition) is 2. The highest BCUT2D eigenvalue weighted by atomic mass is 32.2. The SMILES string of the molecule is Nc1oc(-c2cccc(F)c2F)c(O)c1OS(=O)(=O)Cc1ccccc1. The maximum atomic E-state index is 13.9. The average Bonchev–Trinajstić information content (AvgIpc) is 2.85. The van der Waals surface area contributed by atoms with Crippen molar-refractivity contribution < 1.29 is 30.9 Å². The molecule has 136 valence electrons. The van der Waals surface area contributed by atoms with Crippen LogP contribution in [0.3, 0.4) is 0 Å². The number of nitrogen functional groups attached to an aromatic ring is 1. The van der Waals surface area contributed by atoms with Gasteiger partial charge >= 0.3 is 10.1 Å². The molecule has 0 unspecified atom stereocenters. The largest absolute Gasteiger partial charge is 0.501 e. The second-order valence-electron chi connectivity index (χ2n) is 5.35. The van der Waals surface area contributed by atoms with Crippen molar-refractivity contribution in [1.29, 1.82) is 0 Å². The van der Waals surface area contributed by atoms with Gasteiger partial charge in [-0.2, -0.15) is 8.42 Å². The molecular weight excluding hydrogens is 368 g/mol. The minimum absolute atomic E-state index is 0.426. The second kappa shape index (κ2) is 6.68. The zero-order valence-corrected chi connectivity index (χ0v) is 14.0. The number of halogens is 2. The van der Waals surface area contributed by atoms with Crippen LogP contribution in [0.25, 0.3) is 11.3 Å². The molecule has 0 aliphatic carbocycles. The van der Waals surface area contributed by atoms with Crippen molar-refractivity contribution in [2.24, 2.45) is 0 Å². The summed E-state index contributed by atoms with van der Waals surface area (Å²) in [6, 6.07) is 11.4. The lowest BCUT2D eigenvalue weighted by atomic mass is 10.1. The summed E-state index contributed by atoms with van der Waals surface area (Å²) in [6.45, 7) is 0. The molecule has 0 bridgehead atoms. The Kier molecular flexibility index (Phi) is 4.56. The molecule has 3 rings (SSSR count). The van der Waals surface area contributed by atoms with E-state index in [0.29, 0.717) is 5.56 Å². The van der Waals surface area contributed by atoms with E-state index >= 15 is 0 Å². The van der Waals surface area contributed by atoms with Crippen LogP contribution in [0.15, 0.2) is 52.9 Å². The minimum atomic E-state index is -4.19. The molecule has 3 aromatic rings. The Labute approximate surface area is 147 Å². The number of anilines is 1. The Bertz CT molecular complexity index is 1050. The summed E-state index contributed by atoms with van der Waals surface area (Å²) in [6.07, 6.45) is 0. The van der Waals surface area contributed by atoms with E-state index < -0.39 is 56.2 Å². The third kappa shape index (κ3) is 3.47. The van der Waals surface area contributed by atoms with E-state index in [4.69, 9.17) is 14.3 Å². The van der Waals surface area contributed by atoms with Gasteiger partial charge in [0.1, 0.15) is 5.75 Å². The highest BCUT2D eigenvalue weighted by molar-refractivity contribution is 7.86. The molecule has 2 aromatic carbocycles. The molecule has 0 radical (unpaired) electrons. The van der Waals surface area contributed by atoms with E-state index in [2.05, 4.69) is 0 Å². The van der Waals surface area contributed by atoms with Gasteiger partial charge in [-0.15, -0.1) is 0 Å². The maximum Gasteiger partial charge on any atom is 0.313 e. The molecule has 0 saturated heterocycles. The Morgan fingerprint density at radius 1 is 1.08 bits per heavy atom. The molecule has 0 saturated carbocycles. The van der Waals surface area contributed by atoms with Crippen LogP contribution in [0.2, 0.25) is 0 Å². The fraction of sp³-hybridized carbons (Fsp3) is 0.0588. The molecule has 1 aromatic heterocycles. The molecule has 3 N–H and O–H groups in total. The van der Waals surface area contributed by atoms with Crippen LogP contribution in [0, 0.1) is 11.6 Å². The van der Waals surface area contributed by atoms with E-state index in [1.807, 2.05) is 0 Å². The van der Waals surface area contributed by atoms with Crippen LogP contribution in [0.5, 0.6) is 11.5 Å². The molecule has 0 spiro atoms. The summed E-state index contributed by atoms with van der Waals surface area (Å²) in [7, 11) is -4.19. The monoisotopic (exact) mass is 381 g/mol. The zero-order chi connectivity index (χ0) is 18.9. The van der Waals surface area contributed by atoms with Gasteiger partial charge in [-0.3, -0.25) is 0 Å². The van der Waals surface area contributed by atoms with Crippen molar-refractivity contribution in [2.45, 2.75) is 5.75 Å². The van der Waals surface area contributed by atoms with Crippen molar-refractivity contribution in [3.8, 4) is 22.8 Å². The van der Waals surface area contributed by atoms with Crippen LogP contribution in [-0.2, 0) is 15.9 Å². The van der Waals surface area contributed by atoms with Crippen molar-refractivity contribution in [1.82, 2.24) is 0 Å². The summed E-state index contributed by atoms with van der Waals surface area (Å²) in [5.74, 6) is -5.58. The Morgan fingerprint density at radius 3 is 2.46 bits per heavy atom. The molecule has 0 atom stereocenters. The summed E-state index contributed by atoms with van der Waals surface area (Å²) >= 11 is 0. The molecule has 9 heteroatoms. The Balaban J connectivity index is 1.95. The average molecular weight is 381 g/mol. The number of furan rings is 1. The number of aromatic hydroxyl groups is 1. The Morgan fingerprint density at radius 2 is 1.77 bits per heavy atom. The molecule has 1 heterocycles. The highest BCUT2D eigenvalue weighted by Gasteiger charge is 2.28. The van der Waals surface area contributed by atoms with E-state index in [1.54, 1.807) is 30.3 Å². The smallest absolute Gasteiger partial charge is 0.313 e. The van der Waals surface area contributed by atoms with Crippen LogP contribution >= 0.6 is 0 Å². The molecule has 26 heavy (non-hydrogen) atoms. The van der Waals surface area contributed by atoms with Crippen molar-refractivity contribution in [3.05, 3.63) is 65.7 Å². The third-order valence-electron chi connectivity index (χ3n) is 3.46. The summed E-state index contributed by atoms with van der Waals surface area (Å²) < 4.78 is 61.4. The minimum Gasteiger partial charge on any atom is -0.501 e. The molecule has 0 aliphatic heterocycles. The van der Waals surface area contributed by atoms with Crippen LogP contribution in [0.4, 0.5) is 14.7 Å². The fourth-order valence-corrected chi connectivity index (χ4v) is 3.38. The number of rotatable bonds is 5. The van der Waals surface area contributed by atoms with Gasteiger partial charge in [0.15, 0.2) is 17.4 Å². The quantitative estimate of drug-likeness (QED) is 0.657. The number of nitrogens with two attached hydrogens (primary N) is 1. The van der Waals surface area contributed by atoms with Gasteiger partial charge in [-0.25, -0.2) is 8.78 Å². The predicted octanol–water partition coefficient (Wildman–Crippen LogP) is 3.42. The van der Waals surface area contributed by atoms with E-state index in [1.165, 1.54) is 6.07 Å². The van der Waals surface area contributed by atoms with Gasteiger partial charge in [0, 0.05) is 0 Å². The first-order valence-corrected chi connectivity index (χ1v) is 8.88. The fourth-order valence-electron chi connectivity index (χ4n) is 2.30. The topological polar surface area (TPSA) is 103 Å². The molecule has 0 fully saturated rings. The van der Waals surface area contributed by atoms with Crippen molar-refractivity contribution >= 4 is 16.0 Å². The Hall–Kier alpha value is -3.07. The van der Waals surface area contributed by atoms with E-state index in [-0.39, 0.29) is 0 Å². The lowest BCUT2D eigenvalue weighted by Crippen LogP contribution is -2.12. The molecule has 0 amide bonds. The first kappa shape index (κ1) is 17.7. The number of hydrogen-bond acceptors (Lipinski definition) is 6. The highest BCUT2D eigenvalue weighted by Crippen LogP contribution is 2.46. The van der Waals surface area contributed by atoms with E-state index in [9.17, 15) is 22.3 Å². The maximum absolute atomic E-state index is 13.9. The number of benzene rings is 2. The molecular formula is C17H13F2NO5S. The molecule has 6 nitrogen and oxygen atoms in total. The van der Waals surface area contributed by atoms with Gasteiger partial charge in [-0.05, 0) is 17.7 Å². The van der Waals surface area contributed by atoms with Gasteiger partial charge in [-0.1, -0.05) is 36.4 Å². The molecule has 0 aliphatic rings. The lowest BCUT2D eigenvalue weighted by molar-refractivity contribution is 0.431. The van der Waals surface area contributed by atoms with Crippen LogP contribution in [0.1, 0.15) is 5.56 Å². The summed E-state index contributed by atoms with van der Waals surface area (Å²) in [5.41, 5.74) is 5.56. The predicted molar refractivity (Wildman–Crippen MR) is 89.8 cm³/mol. The van der Waals surface area contributed by atoms with Gasteiger partial charge in [0.2, 0.25) is 17.4 Å². The normalized spacial score (nSPS) is 11.5. The second-order valence-corrected chi connectivity index (χ2v) is 6.92. The first-order chi connectivity index (χ1) is 12.3. The van der Waals surface area contributed by atoms with Crippen molar-refractivity contribution in [2.75, 3.05) is 5.73 Å². The van der Waals surface area contributed by atoms with Gasteiger partial charge < -0.3 is 19.4 Å². The van der Waals surface area contributed by atoms with E-state index in [0.717, 1.165) is 12.1 Å². The third-order valence-corrected chi connectivity index (χ3v) is 4.57. The van der Waals surface area contributed by atoms with Gasteiger partial charge in [0.05, 0.1) is 5.56 Å². The van der Waals surface area contributed by atoms with Crippen LogP contribution < -0.4 is 9.92 Å². The zero-order valence-electron chi connectivity index (χ0n) is 13.1. The van der Waals surface area contributed by atoms with Gasteiger partial charge in [0.25, 0.3) is 0 Å². The first-order valence-electron chi connectivity index (χ1n) is 7.30. The summed E-state index contributed by atoms with van der Waals surface area (Å²) in [4.78, 5) is 0. The van der Waals surface area contributed by atoms with Crippen LogP contribution in [-0.4, -0.2) is 13.5 Å². The summed E-state index contributed by atoms with van der Waals surface area (Å²) in [5, 5.41) is 10.2. The standard InChI is InChI=1S/C17H13F2NO5S/c18-12-8-4-7-11(13(12)19)15-14(21)16(17(20)24-15)25-26(22,23)9-10-5-2-1-3-6-10/h1-8,21H,9,20H2. The van der Waals surface area contributed by atoms with Crippen molar-refractivity contribution in [3.63, 3.8) is 0 Å². The lowest BCUT2D eigenvalue weighted by Gasteiger charge is -2.06.